The number of anilines is 2. The van der Waals surface area contributed by atoms with Crippen molar-refractivity contribution in [2.75, 3.05) is 28.6 Å². The summed E-state index contributed by atoms with van der Waals surface area (Å²) < 4.78 is 0. The minimum atomic E-state index is -1.30. The molecule has 34 heavy (non-hydrogen) atoms. The minimum absolute atomic E-state index is 0.178. The van der Waals surface area contributed by atoms with Crippen molar-refractivity contribution in [3.05, 3.63) is 90.0 Å². The number of nitrogens with zero attached hydrogens (tertiary/aromatic N) is 2. The van der Waals surface area contributed by atoms with Gasteiger partial charge in [0, 0.05) is 40.7 Å². The summed E-state index contributed by atoms with van der Waals surface area (Å²) in [5, 5.41) is 20.1. The van der Waals surface area contributed by atoms with Gasteiger partial charge in [0.25, 0.3) is 0 Å². The molecule has 0 radical (unpaired) electrons. The van der Waals surface area contributed by atoms with Crippen LogP contribution in [0.25, 0.3) is 0 Å². The van der Waals surface area contributed by atoms with E-state index in [0.717, 1.165) is 20.3 Å². The number of thioether (sulfide) groups is 1. The standard InChI is InChI=1S/C26H24N2O5S/c1-18-12-13-21-22(14-18)34-17-26(23(21)29,15-27(24(30)31)19-8-4-2-5-9-19)16-28(25(32)33)20-10-6-3-7-11-20/h2-14H,15-17H2,1H3,(H,30,31)(H,32,33). The predicted octanol–water partition coefficient (Wildman–Crippen LogP) is 5.64. The Morgan fingerprint density at radius 1 is 0.853 bits per heavy atom. The Labute approximate surface area is 201 Å². The van der Waals surface area contributed by atoms with Crippen LogP contribution in [-0.2, 0) is 0 Å². The molecule has 174 valence electrons. The van der Waals surface area contributed by atoms with Crippen LogP contribution in [0, 0.1) is 12.3 Å². The molecule has 0 atom stereocenters. The number of Topliss-reactive ketones (excluding diaryl/α,β-unsaturated/α-hetero) is 1. The average Bonchev–Trinajstić information content (AvgIpc) is 2.84. The summed E-state index contributed by atoms with van der Waals surface area (Å²) in [7, 11) is 0. The third kappa shape index (κ3) is 4.63. The molecule has 4 rings (SSSR count). The fourth-order valence-corrected chi connectivity index (χ4v) is 5.48. The first-order valence-corrected chi connectivity index (χ1v) is 11.7. The second kappa shape index (κ2) is 9.61. The van der Waals surface area contributed by atoms with E-state index in [9.17, 15) is 24.6 Å². The van der Waals surface area contributed by atoms with Crippen molar-refractivity contribution in [2.24, 2.45) is 5.41 Å². The lowest BCUT2D eigenvalue weighted by Crippen LogP contribution is -2.55. The normalized spacial score (nSPS) is 14.2. The molecule has 7 nitrogen and oxygen atoms in total. The maximum Gasteiger partial charge on any atom is 0.411 e. The van der Waals surface area contributed by atoms with Crippen molar-refractivity contribution in [1.29, 1.82) is 0 Å². The molecule has 3 aromatic rings. The smallest absolute Gasteiger partial charge is 0.411 e. The van der Waals surface area contributed by atoms with Crippen LogP contribution in [-0.4, -0.2) is 47.0 Å². The lowest BCUT2D eigenvalue weighted by atomic mass is 9.79. The van der Waals surface area contributed by atoms with E-state index in [1.165, 1.54) is 11.8 Å². The molecule has 0 aromatic heterocycles. The molecule has 1 aliphatic heterocycles. The Morgan fingerprint density at radius 2 is 1.35 bits per heavy atom. The first-order chi connectivity index (χ1) is 16.3. The minimum Gasteiger partial charge on any atom is -0.465 e. The summed E-state index contributed by atoms with van der Waals surface area (Å²) in [6.07, 6.45) is -2.42. The highest BCUT2D eigenvalue weighted by Crippen LogP contribution is 2.42. The number of ketones is 1. The monoisotopic (exact) mass is 476 g/mol. The summed E-state index contributed by atoms with van der Waals surface area (Å²) in [5.41, 5.74) is 1.04. The van der Waals surface area contributed by atoms with Crippen molar-refractivity contribution in [3.8, 4) is 0 Å². The number of hydrogen-bond acceptors (Lipinski definition) is 4. The van der Waals surface area contributed by atoms with Gasteiger partial charge >= 0.3 is 12.2 Å². The van der Waals surface area contributed by atoms with Crippen LogP contribution in [0.3, 0.4) is 0 Å². The number of benzene rings is 3. The number of carboxylic acid groups (broad SMARTS) is 2. The molecule has 0 unspecified atom stereocenters. The van der Waals surface area contributed by atoms with Gasteiger partial charge < -0.3 is 10.2 Å². The Hall–Kier alpha value is -3.78. The summed E-state index contributed by atoms with van der Waals surface area (Å²) in [6.45, 7) is 1.58. The van der Waals surface area contributed by atoms with E-state index < -0.39 is 17.6 Å². The lowest BCUT2D eigenvalue weighted by molar-refractivity contribution is 0.0828. The molecule has 2 N–H and O–H groups in total. The molecular weight excluding hydrogens is 452 g/mol. The molecule has 0 aliphatic carbocycles. The van der Waals surface area contributed by atoms with Gasteiger partial charge in [0.05, 0.1) is 5.41 Å². The Kier molecular flexibility index (Phi) is 6.61. The Bertz CT molecular complexity index is 1160. The summed E-state index contributed by atoms with van der Waals surface area (Å²) in [6, 6.07) is 22.6. The molecule has 0 spiro atoms. The van der Waals surface area contributed by atoms with E-state index in [1.807, 2.05) is 19.1 Å². The molecule has 3 aromatic carbocycles. The number of hydrogen-bond donors (Lipinski definition) is 2. The molecule has 0 saturated heterocycles. The zero-order valence-electron chi connectivity index (χ0n) is 18.5. The number of carbonyl (C=O) groups excluding carboxylic acids is 1. The van der Waals surface area contributed by atoms with Gasteiger partial charge in [-0.2, -0.15) is 0 Å². The molecule has 8 heteroatoms. The maximum atomic E-state index is 14.0. The van der Waals surface area contributed by atoms with Crippen molar-refractivity contribution in [2.45, 2.75) is 11.8 Å². The van der Waals surface area contributed by atoms with Crippen LogP contribution in [0.4, 0.5) is 21.0 Å². The lowest BCUT2D eigenvalue weighted by Gasteiger charge is -2.41. The number of amides is 2. The zero-order valence-corrected chi connectivity index (χ0v) is 19.4. The maximum absolute atomic E-state index is 14.0. The van der Waals surface area contributed by atoms with Gasteiger partial charge in [0.15, 0.2) is 5.78 Å². The molecule has 2 amide bonds. The number of aryl methyl sites for hydroxylation is 1. The highest BCUT2D eigenvalue weighted by atomic mass is 32.2. The van der Waals surface area contributed by atoms with Crippen LogP contribution in [0.2, 0.25) is 0 Å². The largest absolute Gasteiger partial charge is 0.465 e. The Balaban J connectivity index is 1.81. The summed E-state index contributed by atoms with van der Waals surface area (Å²) >= 11 is 1.45. The average molecular weight is 477 g/mol. The first-order valence-electron chi connectivity index (χ1n) is 10.7. The zero-order chi connectivity index (χ0) is 24.3. The number of rotatable bonds is 6. The third-order valence-electron chi connectivity index (χ3n) is 5.89. The fourth-order valence-electron chi connectivity index (χ4n) is 4.15. The first kappa shape index (κ1) is 23.4. The second-order valence-corrected chi connectivity index (χ2v) is 9.32. The van der Waals surface area contributed by atoms with E-state index in [-0.39, 0.29) is 24.6 Å². The topological polar surface area (TPSA) is 98.2 Å². The summed E-state index contributed by atoms with van der Waals surface area (Å²) in [5.74, 6) is -0.0131. The molecule has 1 heterocycles. The van der Waals surface area contributed by atoms with Gasteiger partial charge in [-0.3, -0.25) is 14.6 Å². The van der Waals surface area contributed by atoms with E-state index in [1.54, 1.807) is 66.7 Å². The van der Waals surface area contributed by atoms with Crippen molar-refractivity contribution in [1.82, 2.24) is 0 Å². The molecule has 0 saturated carbocycles. The van der Waals surface area contributed by atoms with E-state index >= 15 is 0 Å². The van der Waals surface area contributed by atoms with Crippen molar-refractivity contribution < 1.29 is 24.6 Å². The van der Waals surface area contributed by atoms with Gasteiger partial charge in [-0.15, -0.1) is 11.8 Å². The van der Waals surface area contributed by atoms with Crippen molar-refractivity contribution >= 4 is 41.1 Å². The van der Waals surface area contributed by atoms with Gasteiger partial charge in [0.2, 0.25) is 0 Å². The Morgan fingerprint density at radius 3 is 1.82 bits per heavy atom. The van der Waals surface area contributed by atoms with Gasteiger partial charge in [-0.05, 0) is 48.9 Å². The SMILES string of the molecule is Cc1ccc2c(c1)SCC(CN(C(=O)O)c1ccccc1)(CN(C(=O)O)c1ccccc1)C2=O. The highest BCUT2D eigenvalue weighted by Gasteiger charge is 2.47. The highest BCUT2D eigenvalue weighted by molar-refractivity contribution is 7.99. The predicted molar refractivity (Wildman–Crippen MR) is 132 cm³/mol. The van der Waals surface area contributed by atoms with Crippen LogP contribution >= 0.6 is 11.8 Å². The van der Waals surface area contributed by atoms with Crippen LogP contribution in [0.1, 0.15) is 15.9 Å². The molecule has 0 bridgehead atoms. The quantitative estimate of drug-likeness (QED) is 0.478. The fraction of sp³-hybridized carbons (Fsp3) is 0.192. The second-order valence-electron chi connectivity index (χ2n) is 8.31. The van der Waals surface area contributed by atoms with E-state index in [0.29, 0.717) is 16.9 Å². The summed E-state index contributed by atoms with van der Waals surface area (Å²) in [4.78, 5) is 41.6. The number of carbonyl (C=O) groups is 3. The number of para-hydroxylation sites is 2. The van der Waals surface area contributed by atoms with Crippen molar-refractivity contribution in [3.63, 3.8) is 0 Å². The van der Waals surface area contributed by atoms with Crippen LogP contribution in [0.5, 0.6) is 0 Å². The third-order valence-corrected chi connectivity index (χ3v) is 7.23. The number of fused-ring (bicyclic) bond motifs is 1. The van der Waals surface area contributed by atoms with Crippen LogP contribution in [0.15, 0.2) is 83.8 Å². The van der Waals surface area contributed by atoms with E-state index in [2.05, 4.69) is 0 Å². The molecule has 1 aliphatic rings. The molecular formula is C26H24N2O5S. The van der Waals surface area contributed by atoms with Gasteiger partial charge in [0.1, 0.15) is 0 Å². The van der Waals surface area contributed by atoms with E-state index in [4.69, 9.17) is 0 Å². The van der Waals surface area contributed by atoms with Gasteiger partial charge in [-0.25, -0.2) is 9.59 Å². The van der Waals surface area contributed by atoms with Crippen LogP contribution < -0.4 is 9.80 Å². The van der Waals surface area contributed by atoms with Gasteiger partial charge in [-0.1, -0.05) is 42.5 Å². The molecule has 0 fully saturated rings.